The third-order valence-electron chi connectivity index (χ3n) is 7.27. The average Bonchev–Trinajstić information content (AvgIpc) is 3.06. The fraction of sp³-hybridized carbons (Fsp3) is 0.278. The highest BCUT2D eigenvalue weighted by Gasteiger charge is 2.34. The molecule has 46 heavy (non-hydrogen) atoms. The summed E-state index contributed by atoms with van der Waals surface area (Å²) in [6, 6.07) is 30.7. The summed E-state index contributed by atoms with van der Waals surface area (Å²) >= 11 is 3.46. The molecule has 2 amide bonds. The van der Waals surface area contributed by atoms with Crippen LogP contribution in [0.1, 0.15) is 31.9 Å². The molecule has 0 unspecified atom stereocenters. The number of anilines is 1. The summed E-state index contributed by atoms with van der Waals surface area (Å²) < 4.78 is 35.8. The molecular weight excluding hydrogens is 666 g/mol. The van der Waals surface area contributed by atoms with Gasteiger partial charge in [-0.15, -0.1) is 0 Å². The van der Waals surface area contributed by atoms with Crippen LogP contribution in [0.15, 0.2) is 119 Å². The number of hydrogen-bond acceptors (Lipinski definition) is 5. The molecule has 0 radical (unpaired) electrons. The van der Waals surface area contributed by atoms with Crippen LogP contribution in [0.5, 0.6) is 5.75 Å². The van der Waals surface area contributed by atoms with Crippen molar-refractivity contribution < 1.29 is 22.7 Å². The Morgan fingerprint density at radius 2 is 1.43 bits per heavy atom. The largest absolute Gasteiger partial charge is 0.494 e. The van der Waals surface area contributed by atoms with Gasteiger partial charge in [0.25, 0.3) is 10.0 Å². The first kappa shape index (κ1) is 34.7. The van der Waals surface area contributed by atoms with Gasteiger partial charge in [-0.3, -0.25) is 13.9 Å². The lowest BCUT2D eigenvalue weighted by atomic mass is 10.0. The number of ether oxygens (including phenoxy) is 1. The highest BCUT2D eigenvalue weighted by molar-refractivity contribution is 9.10. The van der Waals surface area contributed by atoms with Crippen LogP contribution in [0, 0.1) is 5.92 Å². The molecule has 0 aliphatic carbocycles. The lowest BCUT2D eigenvalue weighted by Gasteiger charge is -2.34. The van der Waals surface area contributed by atoms with E-state index in [-0.39, 0.29) is 29.7 Å². The molecule has 1 N–H and O–H groups in total. The smallest absolute Gasteiger partial charge is 0.264 e. The van der Waals surface area contributed by atoms with Crippen LogP contribution >= 0.6 is 15.9 Å². The van der Waals surface area contributed by atoms with Crippen LogP contribution in [-0.4, -0.2) is 50.9 Å². The van der Waals surface area contributed by atoms with Crippen molar-refractivity contribution in [1.82, 2.24) is 10.2 Å². The van der Waals surface area contributed by atoms with E-state index < -0.39 is 28.5 Å². The lowest BCUT2D eigenvalue weighted by Crippen LogP contribution is -2.53. The molecule has 0 saturated carbocycles. The zero-order chi connectivity index (χ0) is 33.1. The third-order valence-corrected chi connectivity index (χ3v) is 9.58. The van der Waals surface area contributed by atoms with Crippen molar-refractivity contribution in [2.45, 2.75) is 44.7 Å². The summed E-state index contributed by atoms with van der Waals surface area (Å²) in [5.41, 5.74) is 1.97. The Balaban J connectivity index is 1.78. The van der Waals surface area contributed by atoms with Gasteiger partial charge in [0.1, 0.15) is 18.3 Å². The molecule has 4 rings (SSSR count). The highest BCUT2D eigenvalue weighted by Crippen LogP contribution is 2.27. The van der Waals surface area contributed by atoms with Crippen LogP contribution in [-0.2, 0) is 32.6 Å². The van der Waals surface area contributed by atoms with Gasteiger partial charge in [-0.05, 0) is 72.5 Å². The Labute approximate surface area is 280 Å². The molecule has 4 aromatic rings. The van der Waals surface area contributed by atoms with Gasteiger partial charge in [0.05, 0.1) is 17.2 Å². The average molecular weight is 707 g/mol. The van der Waals surface area contributed by atoms with Crippen LogP contribution in [0.2, 0.25) is 0 Å². The molecule has 0 fully saturated rings. The number of amides is 2. The number of sulfonamides is 1. The summed E-state index contributed by atoms with van der Waals surface area (Å²) in [4.78, 5) is 29.9. The Bertz CT molecular complexity index is 1670. The predicted molar refractivity (Wildman–Crippen MR) is 185 cm³/mol. The normalized spacial score (nSPS) is 11.9. The molecule has 4 aromatic carbocycles. The molecule has 0 bridgehead atoms. The first-order valence-electron chi connectivity index (χ1n) is 15.2. The fourth-order valence-corrected chi connectivity index (χ4v) is 6.59. The van der Waals surface area contributed by atoms with Gasteiger partial charge in [0.2, 0.25) is 11.8 Å². The second-order valence-electron chi connectivity index (χ2n) is 11.2. The van der Waals surface area contributed by atoms with E-state index in [1.54, 1.807) is 42.5 Å². The van der Waals surface area contributed by atoms with E-state index in [0.29, 0.717) is 24.6 Å². The molecule has 242 valence electrons. The maximum atomic E-state index is 14.5. The predicted octanol–water partition coefficient (Wildman–Crippen LogP) is 6.46. The van der Waals surface area contributed by atoms with Crippen molar-refractivity contribution in [3.05, 3.63) is 125 Å². The Kier molecular flexibility index (Phi) is 12.4. The maximum Gasteiger partial charge on any atom is 0.264 e. The second kappa shape index (κ2) is 16.4. The molecule has 0 aromatic heterocycles. The Morgan fingerprint density at radius 3 is 2.02 bits per heavy atom. The van der Waals surface area contributed by atoms with E-state index in [9.17, 15) is 18.0 Å². The van der Waals surface area contributed by atoms with Crippen molar-refractivity contribution in [1.29, 1.82) is 0 Å². The van der Waals surface area contributed by atoms with Crippen molar-refractivity contribution in [3.63, 3.8) is 0 Å². The molecule has 1 atom stereocenters. The number of rotatable bonds is 15. The van der Waals surface area contributed by atoms with Gasteiger partial charge in [-0.2, -0.15) is 0 Å². The number of hydrogen-bond donors (Lipinski definition) is 1. The molecule has 0 aliphatic heterocycles. The number of nitrogens with one attached hydrogen (secondary N) is 1. The molecular formula is C36H40BrN3O5S. The zero-order valence-corrected chi connectivity index (χ0v) is 28.7. The molecule has 0 aliphatic rings. The maximum absolute atomic E-state index is 14.5. The van der Waals surface area contributed by atoms with Crippen LogP contribution in [0.25, 0.3) is 0 Å². The van der Waals surface area contributed by atoms with E-state index in [1.165, 1.54) is 17.0 Å². The molecule has 8 nitrogen and oxygen atoms in total. The summed E-state index contributed by atoms with van der Waals surface area (Å²) in [5, 5.41) is 3.01. The first-order chi connectivity index (χ1) is 22.1. The Morgan fingerprint density at radius 1 is 0.826 bits per heavy atom. The van der Waals surface area contributed by atoms with Crippen molar-refractivity contribution >= 4 is 43.5 Å². The minimum atomic E-state index is -4.17. The number of nitrogens with zero attached hydrogens (tertiary/aromatic N) is 2. The fourth-order valence-electron chi connectivity index (χ4n) is 4.89. The minimum Gasteiger partial charge on any atom is -0.494 e. The third kappa shape index (κ3) is 9.43. The van der Waals surface area contributed by atoms with Crippen molar-refractivity contribution in [2.24, 2.45) is 5.92 Å². The van der Waals surface area contributed by atoms with Crippen LogP contribution in [0.4, 0.5) is 5.69 Å². The minimum absolute atomic E-state index is 0.0478. The van der Waals surface area contributed by atoms with E-state index in [0.717, 1.165) is 19.9 Å². The van der Waals surface area contributed by atoms with E-state index in [4.69, 9.17) is 4.74 Å². The topological polar surface area (TPSA) is 96.0 Å². The summed E-state index contributed by atoms with van der Waals surface area (Å²) in [5.74, 6) is -0.0437. The number of benzene rings is 4. The quantitative estimate of drug-likeness (QED) is 0.153. The number of carbonyl (C=O) groups excluding carboxylic acids is 2. The number of carbonyl (C=O) groups is 2. The number of halogens is 1. The molecule has 0 saturated heterocycles. The van der Waals surface area contributed by atoms with Crippen LogP contribution < -0.4 is 14.4 Å². The molecule has 10 heteroatoms. The van der Waals surface area contributed by atoms with Gasteiger partial charge < -0.3 is 15.0 Å². The monoisotopic (exact) mass is 705 g/mol. The van der Waals surface area contributed by atoms with Crippen LogP contribution in [0.3, 0.4) is 0 Å². The summed E-state index contributed by atoms with van der Waals surface area (Å²) in [7, 11) is -4.17. The Hall–Kier alpha value is -4.15. The summed E-state index contributed by atoms with van der Waals surface area (Å²) in [6.07, 6.45) is 0.252. The van der Waals surface area contributed by atoms with Gasteiger partial charge in [0, 0.05) is 24.0 Å². The zero-order valence-electron chi connectivity index (χ0n) is 26.3. The highest BCUT2D eigenvalue weighted by atomic mass is 79.9. The van der Waals surface area contributed by atoms with Crippen molar-refractivity contribution in [3.8, 4) is 5.75 Å². The van der Waals surface area contributed by atoms with Gasteiger partial charge in [0.15, 0.2) is 0 Å². The van der Waals surface area contributed by atoms with Gasteiger partial charge in [-0.25, -0.2) is 8.42 Å². The molecule has 0 spiro atoms. The van der Waals surface area contributed by atoms with Gasteiger partial charge in [-0.1, -0.05) is 90.4 Å². The molecule has 0 heterocycles. The lowest BCUT2D eigenvalue weighted by molar-refractivity contribution is -0.140. The SMILES string of the molecule is CCOc1ccc(N(CC(=O)N(Cc2ccc(Br)cc2)[C@@H](Cc2ccccc2)C(=O)NCC(C)C)S(=O)(=O)c2ccccc2)cc1. The van der Waals surface area contributed by atoms with E-state index in [2.05, 4.69) is 21.2 Å². The van der Waals surface area contributed by atoms with Gasteiger partial charge >= 0.3 is 0 Å². The van der Waals surface area contributed by atoms with E-state index in [1.807, 2.05) is 75.4 Å². The van der Waals surface area contributed by atoms with E-state index >= 15 is 0 Å². The van der Waals surface area contributed by atoms with Crippen molar-refractivity contribution in [2.75, 3.05) is 24.0 Å². The summed E-state index contributed by atoms with van der Waals surface area (Å²) in [6.45, 7) is 6.33. The second-order valence-corrected chi connectivity index (χ2v) is 14.0. The first-order valence-corrected chi connectivity index (χ1v) is 17.5. The standard InChI is InChI=1S/C36H40BrN3O5S/c1-4-45-32-21-19-31(20-22-32)40(46(43,44)33-13-9-6-10-14-33)26-35(41)39(25-29-15-17-30(37)18-16-29)34(36(42)38-24-27(2)3)23-28-11-7-5-8-12-28/h5-22,27,34H,4,23-26H2,1-3H3,(H,38,42)/t34-/m0/s1.